The van der Waals surface area contributed by atoms with Crippen LogP contribution in [0, 0.1) is 40.4 Å². The first-order valence-electron chi connectivity index (χ1n) is 10.0. The van der Waals surface area contributed by atoms with E-state index in [1.165, 1.54) is 57.8 Å². The van der Waals surface area contributed by atoms with Gasteiger partial charge in [-0.1, -0.05) is 62.9 Å². The molecule has 1 unspecified atom stereocenters. The molecule has 126 valence electrons. The Hall–Kier alpha value is 0.480. The molecule has 0 amide bonds. The third kappa shape index (κ3) is 1.81. The minimum atomic E-state index is 0.422. The minimum Gasteiger partial charge on any atom is -0.0844 e. The number of fused-ring (bicyclic) bond motifs is 5. The highest BCUT2D eigenvalue weighted by atomic mass is 79.9. The Balaban J connectivity index is 1.76. The van der Waals surface area contributed by atoms with Gasteiger partial charge in [-0.3, -0.25) is 0 Å². The predicted octanol–water partition coefficient (Wildman–Crippen LogP) is 6.82. The summed E-state index contributed by atoms with van der Waals surface area (Å²) < 4.78 is 0.422. The molecule has 0 aromatic heterocycles. The summed E-state index contributed by atoms with van der Waals surface area (Å²) in [5.74, 6) is 4.78. The maximum atomic E-state index is 4.38. The van der Waals surface area contributed by atoms with Crippen LogP contribution in [0.3, 0.4) is 0 Å². The molecule has 0 bridgehead atoms. The second kappa shape index (κ2) is 4.99. The fourth-order valence-electron chi connectivity index (χ4n) is 8.04. The van der Waals surface area contributed by atoms with Crippen molar-refractivity contribution < 1.29 is 0 Å². The van der Waals surface area contributed by atoms with E-state index in [9.17, 15) is 0 Å². The lowest BCUT2D eigenvalue weighted by atomic mass is 9.41. The Kier molecular flexibility index (Phi) is 3.63. The summed E-state index contributed by atoms with van der Waals surface area (Å²) >= 11 is 4.38. The number of halogens is 1. The number of hydrogen-bond acceptors (Lipinski definition) is 0. The molecular formula is C21H35Br. The summed E-state index contributed by atoms with van der Waals surface area (Å²) in [5.41, 5.74) is 1.22. The van der Waals surface area contributed by atoms with E-state index in [4.69, 9.17) is 0 Å². The molecule has 8 atom stereocenters. The van der Waals surface area contributed by atoms with Crippen LogP contribution in [0.1, 0.15) is 85.5 Å². The molecule has 4 saturated carbocycles. The largest absolute Gasteiger partial charge is 0.0844 e. The van der Waals surface area contributed by atoms with E-state index in [1.54, 1.807) is 0 Å². The standard InChI is InChI=1S/C21H35Br/c1-14-7-5-11-21(22)15(2)13-16-17-8-6-10-19(17,3)12-9-18(16)20(14,21)4/h14-18H,5-13H2,1-4H3/t14-,15?,16+,17+,18+,19+,20-,21+/m1/s1. The number of rotatable bonds is 0. The molecule has 4 aliphatic rings. The summed E-state index contributed by atoms with van der Waals surface area (Å²) in [4.78, 5) is 0. The van der Waals surface area contributed by atoms with Crippen molar-refractivity contribution in [2.75, 3.05) is 0 Å². The maximum absolute atomic E-state index is 4.38. The Morgan fingerprint density at radius 2 is 1.55 bits per heavy atom. The van der Waals surface area contributed by atoms with E-state index < -0.39 is 0 Å². The highest BCUT2D eigenvalue weighted by Crippen LogP contribution is 2.71. The van der Waals surface area contributed by atoms with E-state index >= 15 is 0 Å². The second-order valence-corrected chi connectivity index (χ2v) is 11.5. The Morgan fingerprint density at radius 3 is 2.32 bits per heavy atom. The molecule has 4 aliphatic carbocycles. The lowest BCUT2D eigenvalue weighted by Gasteiger charge is -2.67. The molecule has 0 N–H and O–H groups in total. The smallest absolute Gasteiger partial charge is 0.0342 e. The van der Waals surface area contributed by atoms with Crippen LogP contribution in [0.4, 0.5) is 0 Å². The van der Waals surface area contributed by atoms with Gasteiger partial charge in [0.05, 0.1) is 0 Å². The van der Waals surface area contributed by atoms with Gasteiger partial charge in [0.1, 0.15) is 0 Å². The molecule has 0 nitrogen and oxygen atoms in total. The molecular weight excluding hydrogens is 332 g/mol. The lowest BCUT2D eigenvalue weighted by Crippen LogP contribution is -2.64. The second-order valence-electron chi connectivity index (χ2n) is 10.0. The molecule has 0 radical (unpaired) electrons. The van der Waals surface area contributed by atoms with E-state index in [0.717, 1.165) is 29.6 Å². The van der Waals surface area contributed by atoms with Gasteiger partial charge in [-0.15, -0.1) is 0 Å². The zero-order valence-corrected chi connectivity index (χ0v) is 16.7. The van der Waals surface area contributed by atoms with Crippen molar-refractivity contribution in [1.29, 1.82) is 0 Å². The fourth-order valence-corrected chi connectivity index (χ4v) is 9.20. The van der Waals surface area contributed by atoms with Crippen molar-refractivity contribution in [3.8, 4) is 0 Å². The van der Waals surface area contributed by atoms with Crippen molar-refractivity contribution in [1.82, 2.24) is 0 Å². The summed E-state index contributed by atoms with van der Waals surface area (Å²) in [6, 6.07) is 0. The summed E-state index contributed by atoms with van der Waals surface area (Å²) in [6.07, 6.45) is 13.4. The molecule has 22 heavy (non-hydrogen) atoms. The van der Waals surface area contributed by atoms with Crippen molar-refractivity contribution in [2.24, 2.45) is 40.4 Å². The van der Waals surface area contributed by atoms with Gasteiger partial charge >= 0.3 is 0 Å². The van der Waals surface area contributed by atoms with Crippen molar-refractivity contribution >= 4 is 15.9 Å². The van der Waals surface area contributed by atoms with Gasteiger partial charge in [0.2, 0.25) is 0 Å². The monoisotopic (exact) mass is 366 g/mol. The maximum Gasteiger partial charge on any atom is 0.0342 e. The Labute approximate surface area is 146 Å². The van der Waals surface area contributed by atoms with E-state index in [2.05, 4.69) is 43.6 Å². The zero-order valence-electron chi connectivity index (χ0n) is 15.1. The summed E-state index contributed by atoms with van der Waals surface area (Å²) in [6.45, 7) is 10.5. The molecule has 4 fully saturated rings. The first-order valence-corrected chi connectivity index (χ1v) is 10.8. The molecule has 0 aromatic rings. The normalized spacial score (nSPS) is 61.2. The van der Waals surface area contributed by atoms with Crippen LogP contribution in [-0.2, 0) is 0 Å². The number of alkyl halides is 1. The fraction of sp³-hybridized carbons (Fsp3) is 1.00. The van der Waals surface area contributed by atoms with Gasteiger partial charge < -0.3 is 0 Å². The van der Waals surface area contributed by atoms with Crippen LogP contribution >= 0.6 is 15.9 Å². The third-order valence-electron chi connectivity index (χ3n) is 9.49. The van der Waals surface area contributed by atoms with Crippen LogP contribution in [0.25, 0.3) is 0 Å². The van der Waals surface area contributed by atoms with Crippen LogP contribution in [0.15, 0.2) is 0 Å². The summed E-state index contributed by atoms with van der Waals surface area (Å²) in [7, 11) is 0. The zero-order chi connectivity index (χ0) is 15.8. The highest BCUT2D eigenvalue weighted by Gasteiger charge is 2.65. The van der Waals surface area contributed by atoms with E-state index in [0.29, 0.717) is 15.2 Å². The summed E-state index contributed by atoms with van der Waals surface area (Å²) in [5, 5.41) is 0. The Bertz CT molecular complexity index is 459. The molecule has 4 rings (SSSR count). The van der Waals surface area contributed by atoms with E-state index in [-0.39, 0.29) is 0 Å². The van der Waals surface area contributed by atoms with Gasteiger partial charge in [0.15, 0.2) is 0 Å². The average Bonchev–Trinajstić information content (AvgIpc) is 2.86. The molecule has 0 saturated heterocycles. The van der Waals surface area contributed by atoms with Crippen LogP contribution < -0.4 is 0 Å². The van der Waals surface area contributed by atoms with Gasteiger partial charge in [-0.25, -0.2) is 0 Å². The molecule has 0 spiro atoms. The predicted molar refractivity (Wildman–Crippen MR) is 98.2 cm³/mol. The SMILES string of the molecule is CC1C[C@H]2[C@@H]3CCC[C@@]3(C)CC[C@@H]2[C@@]2(C)[C@H](C)CCC[C@]12Br. The van der Waals surface area contributed by atoms with Gasteiger partial charge in [-0.2, -0.15) is 0 Å². The van der Waals surface area contributed by atoms with Crippen molar-refractivity contribution in [3.63, 3.8) is 0 Å². The molecule has 0 heterocycles. The third-order valence-corrected chi connectivity index (χ3v) is 11.5. The van der Waals surface area contributed by atoms with E-state index in [1.807, 2.05) is 0 Å². The molecule has 0 aliphatic heterocycles. The quantitative estimate of drug-likeness (QED) is 0.412. The topological polar surface area (TPSA) is 0 Å². The van der Waals surface area contributed by atoms with Crippen LogP contribution in [0.5, 0.6) is 0 Å². The first kappa shape index (κ1) is 16.0. The van der Waals surface area contributed by atoms with Crippen molar-refractivity contribution in [3.05, 3.63) is 0 Å². The lowest BCUT2D eigenvalue weighted by molar-refractivity contribution is -0.131. The number of hydrogen-bond donors (Lipinski definition) is 0. The van der Waals surface area contributed by atoms with Crippen LogP contribution in [0.2, 0.25) is 0 Å². The highest BCUT2D eigenvalue weighted by molar-refractivity contribution is 9.10. The van der Waals surface area contributed by atoms with Crippen LogP contribution in [-0.4, -0.2) is 4.32 Å². The Morgan fingerprint density at radius 1 is 0.818 bits per heavy atom. The molecule has 0 aromatic carbocycles. The molecule has 1 heteroatoms. The minimum absolute atomic E-state index is 0.422. The first-order chi connectivity index (χ1) is 10.3. The average molecular weight is 367 g/mol. The van der Waals surface area contributed by atoms with Crippen molar-refractivity contribution in [2.45, 2.75) is 89.8 Å². The van der Waals surface area contributed by atoms with Gasteiger partial charge in [-0.05, 0) is 78.9 Å². The van der Waals surface area contributed by atoms with Gasteiger partial charge in [0, 0.05) is 4.32 Å². The van der Waals surface area contributed by atoms with Gasteiger partial charge in [0.25, 0.3) is 0 Å².